The molecule has 2 rings (SSSR count). The first-order chi connectivity index (χ1) is 12.0. The molecular formula is C20H23NO4. The summed E-state index contributed by atoms with van der Waals surface area (Å²) < 4.78 is 5.72. The van der Waals surface area contributed by atoms with Gasteiger partial charge in [0, 0.05) is 12.1 Å². The van der Waals surface area contributed by atoms with Crippen LogP contribution in [0.25, 0.3) is 0 Å². The smallest absolute Gasteiger partial charge is 0.335 e. The average Bonchev–Trinajstić information content (AvgIpc) is 2.56. The highest BCUT2D eigenvalue weighted by molar-refractivity contribution is 5.87. The lowest BCUT2D eigenvalue weighted by Gasteiger charge is -2.14. The Morgan fingerprint density at radius 1 is 1.12 bits per heavy atom. The van der Waals surface area contributed by atoms with Gasteiger partial charge < -0.3 is 15.2 Å². The van der Waals surface area contributed by atoms with E-state index in [1.165, 1.54) is 0 Å². The van der Waals surface area contributed by atoms with Gasteiger partial charge in [-0.3, -0.25) is 4.79 Å². The fourth-order valence-corrected chi connectivity index (χ4v) is 2.46. The number of amides is 1. The first-order valence-corrected chi connectivity index (χ1v) is 8.29. The minimum Gasteiger partial charge on any atom is -0.491 e. The van der Waals surface area contributed by atoms with Crippen molar-refractivity contribution in [2.24, 2.45) is 0 Å². The van der Waals surface area contributed by atoms with Crippen LogP contribution in [0.15, 0.2) is 48.5 Å². The molecule has 25 heavy (non-hydrogen) atoms. The van der Waals surface area contributed by atoms with E-state index < -0.39 is 5.97 Å². The molecule has 0 spiro atoms. The normalized spacial score (nSPS) is 10.5. The number of carboxylic acid groups (broad SMARTS) is 1. The minimum atomic E-state index is -0.951. The molecule has 2 aromatic rings. The maximum Gasteiger partial charge on any atom is 0.335 e. The number of hydrogen-bond acceptors (Lipinski definition) is 3. The highest BCUT2D eigenvalue weighted by Crippen LogP contribution is 2.19. The average molecular weight is 341 g/mol. The minimum absolute atomic E-state index is 0.0470. The van der Waals surface area contributed by atoms with E-state index >= 15 is 0 Å². The molecule has 0 saturated carbocycles. The van der Waals surface area contributed by atoms with Crippen molar-refractivity contribution >= 4 is 11.9 Å². The summed E-state index contributed by atoms with van der Waals surface area (Å²) in [6.45, 7) is 4.35. The Hall–Kier alpha value is -2.82. The molecular weight excluding hydrogens is 318 g/mol. The third-order valence-electron chi connectivity index (χ3n) is 3.60. The second kappa shape index (κ2) is 8.87. The molecule has 2 aromatic carbocycles. The van der Waals surface area contributed by atoms with Crippen LogP contribution in [0.3, 0.4) is 0 Å². The van der Waals surface area contributed by atoms with E-state index in [1.807, 2.05) is 44.2 Å². The van der Waals surface area contributed by atoms with Crippen LogP contribution < -0.4 is 10.1 Å². The molecule has 0 aliphatic rings. The molecule has 132 valence electrons. The topological polar surface area (TPSA) is 75.6 Å². The first kappa shape index (κ1) is 18.5. The molecule has 0 saturated heterocycles. The van der Waals surface area contributed by atoms with Crippen molar-refractivity contribution in [1.29, 1.82) is 0 Å². The van der Waals surface area contributed by atoms with Crippen LogP contribution in [0.2, 0.25) is 0 Å². The zero-order valence-electron chi connectivity index (χ0n) is 14.5. The summed E-state index contributed by atoms with van der Waals surface area (Å²) in [4.78, 5) is 23.1. The largest absolute Gasteiger partial charge is 0.491 e. The maximum atomic E-state index is 12.2. The number of hydrogen-bond donors (Lipinski definition) is 2. The van der Waals surface area contributed by atoms with Gasteiger partial charge >= 0.3 is 5.97 Å². The predicted octanol–water partition coefficient (Wildman–Crippen LogP) is 3.07. The van der Waals surface area contributed by atoms with E-state index in [-0.39, 0.29) is 24.0 Å². The lowest BCUT2D eigenvalue weighted by molar-refractivity contribution is -0.120. The van der Waals surface area contributed by atoms with Crippen LogP contribution in [0.1, 0.15) is 35.3 Å². The number of carbonyl (C=O) groups excluding carboxylic acids is 1. The highest BCUT2D eigenvalue weighted by Gasteiger charge is 2.10. The third-order valence-corrected chi connectivity index (χ3v) is 3.60. The van der Waals surface area contributed by atoms with Gasteiger partial charge in [-0.05, 0) is 44.0 Å². The number of nitrogens with one attached hydrogen (secondary N) is 1. The predicted molar refractivity (Wildman–Crippen MR) is 96.0 cm³/mol. The van der Waals surface area contributed by atoms with E-state index in [1.54, 1.807) is 18.2 Å². The zero-order chi connectivity index (χ0) is 18.2. The van der Waals surface area contributed by atoms with Crippen LogP contribution >= 0.6 is 0 Å². The fraction of sp³-hybridized carbons (Fsp3) is 0.300. The number of aromatic carboxylic acids is 1. The summed E-state index contributed by atoms with van der Waals surface area (Å²) in [7, 11) is 0. The third kappa shape index (κ3) is 5.95. The summed E-state index contributed by atoms with van der Waals surface area (Å²) in [5.74, 6) is -0.316. The van der Waals surface area contributed by atoms with Crippen molar-refractivity contribution < 1.29 is 19.4 Å². The van der Waals surface area contributed by atoms with Crippen molar-refractivity contribution in [1.82, 2.24) is 5.32 Å². The fourth-order valence-electron chi connectivity index (χ4n) is 2.46. The Morgan fingerprint density at radius 2 is 1.88 bits per heavy atom. The molecule has 0 aliphatic carbocycles. The first-order valence-electron chi connectivity index (χ1n) is 8.29. The van der Waals surface area contributed by atoms with E-state index in [9.17, 15) is 9.59 Å². The van der Waals surface area contributed by atoms with E-state index in [4.69, 9.17) is 9.84 Å². The Balaban J connectivity index is 1.87. The van der Waals surface area contributed by atoms with Crippen molar-refractivity contribution in [2.45, 2.75) is 32.8 Å². The lowest BCUT2D eigenvalue weighted by Crippen LogP contribution is -2.27. The number of rotatable bonds is 8. The van der Waals surface area contributed by atoms with Gasteiger partial charge in [-0.25, -0.2) is 4.79 Å². The van der Waals surface area contributed by atoms with E-state index in [2.05, 4.69) is 5.32 Å². The van der Waals surface area contributed by atoms with Crippen LogP contribution in [-0.4, -0.2) is 29.6 Å². The molecule has 0 aromatic heterocycles. The molecule has 5 heteroatoms. The standard InChI is InChI=1S/C20H23NO4/c1-14(2)25-18-9-4-3-7-16(18)13-19(22)21-11-10-15-6-5-8-17(12-15)20(23)24/h3-9,12,14H,10-11,13H2,1-2H3,(H,21,22)(H,23,24). The van der Waals surface area contributed by atoms with Gasteiger partial charge in [0.05, 0.1) is 18.1 Å². The Labute approximate surface area is 147 Å². The molecule has 0 bridgehead atoms. The molecule has 0 radical (unpaired) electrons. The van der Waals surface area contributed by atoms with Crippen molar-refractivity contribution in [2.75, 3.05) is 6.54 Å². The summed E-state index contributed by atoms with van der Waals surface area (Å²) in [5.41, 5.74) is 1.98. The van der Waals surface area contributed by atoms with Gasteiger partial charge in [0.25, 0.3) is 0 Å². The lowest BCUT2D eigenvalue weighted by atomic mass is 10.1. The Morgan fingerprint density at radius 3 is 2.60 bits per heavy atom. The Bertz CT molecular complexity index is 740. The van der Waals surface area contributed by atoms with E-state index in [0.717, 1.165) is 16.9 Å². The van der Waals surface area contributed by atoms with E-state index in [0.29, 0.717) is 13.0 Å². The monoisotopic (exact) mass is 341 g/mol. The number of carbonyl (C=O) groups is 2. The number of carboxylic acids is 1. The number of benzene rings is 2. The quantitative estimate of drug-likeness (QED) is 0.774. The summed E-state index contributed by atoms with van der Waals surface area (Å²) >= 11 is 0. The summed E-state index contributed by atoms with van der Waals surface area (Å²) in [5, 5.41) is 11.9. The molecule has 1 amide bonds. The molecule has 5 nitrogen and oxygen atoms in total. The molecule has 2 N–H and O–H groups in total. The second-order valence-electron chi connectivity index (χ2n) is 6.06. The second-order valence-corrected chi connectivity index (χ2v) is 6.06. The van der Waals surface area contributed by atoms with Crippen molar-refractivity contribution in [3.8, 4) is 5.75 Å². The van der Waals surface area contributed by atoms with Gasteiger partial charge in [0.15, 0.2) is 0 Å². The highest BCUT2D eigenvalue weighted by atomic mass is 16.5. The number of ether oxygens (including phenoxy) is 1. The Kier molecular flexibility index (Phi) is 6.57. The van der Waals surface area contributed by atoms with Gasteiger partial charge in [-0.1, -0.05) is 30.3 Å². The summed E-state index contributed by atoms with van der Waals surface area (Å²) in [6.07, 6.45) is 0.875. The zero-order valence-corrected chi connectivity index (χ0v) is 14.5. The maximum absolute atomic E-state index is 12.2. The van der Waals surface area contributed by atoms with Gasteiger partial charge in [0.1, 0.15) is 5.75 Å². The number of para-hydroxylation sites is 1. The summed E-state index contributed by atoms with van der Waals surface area (Å²) in [6, 6.07) is 14.2. The SMILES string of the molecule is CC(C)Oc1ccccc1CC(=O)NCCc1cccc(C(=O)O)c1. The molecule has 0 atom stereocenters. The molecule has 0 unspecified atom stereocenters. The van der Waals surface area contributed by atoms with Crippen molar-refractivity contribution in [3.63, 3.8) is 0 Å². The molecule has 0 heterocycles. The molecule has 0 fully saturated rings. The van der Waals surface area contributed by atoms with Crippen LogP contribution in [-0.2, 0) is 17.6 Å². The van der Waals surface area contributed by atoms with Crippen LogP contribution in [0.4, 0.5) is 0 Å². The van der Waals surface area contributed by atoms with Crippen LogP contribution in [0.5, 0.6) is 5.75 Å². The van der Waals surface area contributed by atoms with Crippen LogP contribution in [0, 0.1) is 0 Å². The van der Waals surface area contributed by atoms with Gasteiger partial charge in [-0.15, -0.1) is 0 Å². The molecule has 0 aliphatic heterocycles. The van der Waals surface area contributed by atoms with Crippen molar-refractivity contribution in [3.05, 3.63) is 65.2 Å². The van der Waals surface area contributed by atoms with Gasteiger partial charge in [-0.2, -0.15) is 0 Å². The van der Waals surface area contributed by atoms with Gasteiger partial charge in [0.2, 0.25) is 5.91 Å².